The van der Waals surface area contributed by atoms with E-state index in [0.717, 1.165) is 34.9 Å². The molecule has 2 aromatic carbocycles. The third-order valence-corrected chi connectivity index (χ3v) is 5.21. The van der Waals surface area contributed by atoms with Gasteiger partial charge in [0, 0.05) is 35.7 Å². The lowest BCUT2D eigenvalue weighted by Crippen LogP contribution is -2.37. The quantitative estimate of drug-likeness (QED) is 0.444. The molecule has 0 aliphatic carbocycles. The van der Waals surface area contributed by atoms with E-state index in [1.807, 2.05) is 53.6 Å². The van der Waals surface area contributed by atoms with E-state index in [0.29, 0.717) is 19.0 Å². The van der Waals surface area contributed by atoms with Crippen molar-refractivity contribution in [2.24, 2.45) is 5.92 Å². The number of amides is 2. The molecule has 1 heterocycles. The van der Waals surface area contributed by atoms with Crippen LogP contribution >= 0.6 is 11.6 Å². The molecule has 0 radical (unpaired) electrons. The lowest BCUT2D eigenvalue weighted by atomic mass is 10.1. The summed E-state index contributed by atoms with van der Waals surface area (Å²) in [6, 6.07) is 19.9. The van der Waals surface area contributed by atoms with Crippen LogP contribution in [0.3, 0.4) is 0 Å². The monoisotopic (exact) mass is 423 g/mol. The van der Waals surface area contributed by atoms with Crippen LogP contribution in [0.15, 0.2) is 66.9 Å². The number of halogens is 1. The number of benzene rings is 2. The minimum atomic E-state index is -0.0764. The predicted octanol–water partition coefficient (Wildman–Crippen LogP) is 6.44. The zero-order chi connectivity index (χ0) is 21.5. The molecular weight excluding hydrogens is 394 g/mol. The number of rotatable bonds is 8. The molecule has 1 N–H and O–H groups in total. The number of carbonyl (C=O) groups excluding carboxylic acids is 1. The van der Waals surface area contributed by atoms with Crippen LogP contribution in [0, 0.1) is 5.92 Å². The van der Waals surface area contributed by atoms with Gasteiger partial charge in [-0.05, 0) is 59.9 Å². The van der Waals surface area contributed by atoms with E-state index in [-0.39, 0.29) is 6.03 Å². The van der Waals surface area contributed by atoms with E-state index in [1.165, 1.54) is 5.56 Å². The fraction of sp³-hybridized carbons (Fsp3) is 0.320. The van der Waals surface area contributed by atoms with E-state index in [4.69, 9.17) is 11.6 Å². The van der Waals surface area contributed by atoms with Gasteiger partial charge < -0.3 is 14.8 Å². The third-order valence-electron chi connectivity index (χ3n) is 4.98. The smallest absolute Gasteiger partial charge is 0.322 e. The highest BCUT2D eigenvalue weighted by atomic mass is 35.5. The van der Waals surface area contributed by atoms with Crippen molar-refractivity contribution >= 4 is 23.3 Å². The number of nitrogens with zero attached hydrogens (tertiary/aromatic N) is 2. The minimum Gasteiger partial charge on any atom is -0.345 e. The van der Waals surface area contributed by atoms with Crippen molar-refractivity contribution in [1.82, 2.24) is 9.47 Å². The number of carbonyl (C=O) groups is 1. The second-order valence-corrected chi connectivity index (χ2v) is 8.45. The first-order chi connectivity index (χ1) is 14.4. The topological polar surface area (TPSA) is 37.3 Å². The second kappa shape index (κ2) is 10.4. The summed E-state index contributed by atoms with van der Waals surface area (Å²) in [6.07, 6.45) is 2.99. The molecule has 0 atom stereocenters. The van der Waals surface area contributed by atoms with E-state index in [2.05, 4.69) is 48.9 Å². The van der Waals surface area contributed by atoms with E-state index in [9.17, 15) is 4.79 Å². The molecule has 1 aromatic heterocycles. The molecule has 158 valence electrons. The van der Waals surface area contributed by atoms with E-state index in [1.54, 1.807) is 0 Å². The van der Waals surface area contributed by atoms with Crippen molar-refractivity contribution in [2.45, 2.75) is 40.3 Å². The number of aromatic nitrogens is 1. The van der Waals surface area contributed by atoms with Crippen LogP contribution in [-0.4, -0.2) is 22.0 Å². The highest BCUT2D eigenvalue weighted by molar-refractivity contribution is 6.30. The molecule has 2 amide bonds. The zero-order valence-corrected chi connectivity index (χ0v) is 18.7. The molecule has 0 spiro atoms. The molecular formula is C25H30ClN3O. The van der Waals surface area contributed by atoms with Gasteiger partial charge in [0.05, 0.1) is 6.54 Å². The van der Waals surface area contributed by atoms with Crippen LogP contribution in [0.2, 0.25) is 5.02 Å². The van der Waals surface area contributed by atoms with Crippen molar-refractivity contribution in [1.29, 1.82) is 0 Å². The summed E-state index contributed by atoms with van der Waals surface area (Å²) in [6.45, 7) is 8.32. The zero-order valence-electron chi connectivity index (χ0n) is 17.9. The highest BCUT2D eigenvalue weighted by Gasteiger charge is 2.17. The number of hydrogen-bond donors (Lipinski definition) is 1. The Labute approximate surface area is 184 Å². The highest BCUT2D eigenvalue weighted by Crippen LogP contribution is 2.17. The summed E-state index contributed by atoms with van der Waals surface area (Å²) in [5.74, 6) is 0.370. The lowest BCUT2D eigenvalue weighted by Gasteiger charge is -2.26. The maximum Gasteiger partial charge on any atom is 0.322 e. The van der Waals surface area contributed by atoms with Crippen molar-refractivity contribution in [3.63, 3.8) is 0 Å². The fourth-order valence-electron chi connectivity index (χ4n) is 3.51. The molecule has 30 heavy (non-hydrogen) atoms. The average molecular weight is 424 g/mol. The Morgan fingerprint density at radius 1 is 1.07 bits per heavy atom. The van der Waals surface area contributed by atoms with Gasteiger partial charge in [0.15, 0.2) is 0 Å². The van der Waals surface area contributed by atoms with Gasteiger partial charge in [-0.1, -0.05) is 56.6 Å². The number of urea groups is 1. The molecule has 0 fully saturated rings. The first kappa shape index (κ1) is 22.0. The molecule has 3 aromatic rings. The summed E-state index contributed by atoms with van der Waals surface area (Å²) in [5, 5.41) is 3.80. The van der Waals surface area contributed by atoms with Gasteiger partial charge >= 0.3 is 6.03 Å². The van der Waals surface area contributed by atoms with Gasteiger partial charge in [-0.2, -0.15) is 0 Å². The van der Waals surface area contributed by atoms with Crippen LogP contribution < -0.4 is 5.32 Å². The number of nitrogens with one attached hydrogen (secondary N) is 1. The summed E-state index contributed by atoms with van der Waals surface area (Å²) in [4.78, 5) is 15.0. The predicted molar refractivity (Wildman–Crippen MR) is 125 cm³/mol. The first-order valence-electron chi connectivity index (χ1n) is 10.5. The van der Waals surface area contributed by atoms with Gasteiger partial charge in [0.25, 0.3) is 0 Å². The third kappa shape index (κ3) is 6.14. The normalized spacial score (nSPS) is 11.0. The van der Waals surface area contributed by atoms with Gasteiger partial charge in [0.2, 0.25) is 0 Å². The standard InChI is InChI=1S/C25H30ClN3O/c1-4-20-8-6-11-23(15-20)27-25(30)29(16-19(2)3)18-24-12-7-13-28(24)17-21-9-5-10-22(26)14-21/h5-15,19H,4,16-18H2,1-3H3,(H,27,30). The van der Waals surface area contributed by atoms with Gasteiger partial charge in [0.1, 0.15) is 0 Å². The van der Waals surface area contributed by atoms with Crippen molar-refractivity contribution < 1.29 is 4.79 Å². The minimum absolute atomic E-state index is 0.0764. The number of hydrogen-bond acceptors (Lipinski definition) is 1. The van der Waals surface area contributed by atoms with Crippen molar-refractivity contribution in [3.8, 4) is 0 Å². The van der Waals surface area contributed by atoms with Crippen LogP contribution in [-0.2, 0) is 19.5 Å². The largest absolute Gasteiger partial charge is 0.345 e. The van der Waals surface area contributed by atoms with Crippen LogP contribution in [0.25, 0.3) is 0 Å². The molecule has 0 aliphatic heterocycles. The summed E-state index contributed by atoms with van der Waals surface area (Å²) in [5.41, 5.74) is 4.27. The van der Waals surface area contributed by atoms with Gasteiger partial charge in [-0.25, -0.2) is 4.79 Å². The van der Waals surface area contributed by atoms with Gasteiger partial charge in [-0.15, -0.1) is 0 Å². The second-order valence-electron chi connectivity index (χ2n) is 8.02. The molecule has 3 rings (SSSR count). The Hall–Kier alpha value is -2.72. The Morgan fingerprint density at radius 3 is 2.57 bits per heavy atom. The average Bonchev–Trinajstić information content (AvgIpc) is 3.14. The molecule has 0 aliphatic rings. The van der Waals surface area contributed by atoms with E-state index >= 15 is 0 Å². The molecule has 5 heteroatoms. The SMILES string of the molecule is CCc1cccc(NC(=O)N(Cc2cccn2Cc2cccc(Cl)c2)CC(C)C)c1. The summed E-state index contributed by atoms with van der Waals surface area (Å²) in [7, 11) is 0. The molecule has 0 unspecified atom stereocenters. The van der Waals surface area contributed by atoms with Crippen LogP contribution in [0.4, 0.5) is 10.5 Å². The number of anilines is 1. The molecule has 0 bridgehead atoms. The molecule has 0 saturated carbocycles. The first-order valence-corrected chi connectivity index (χ1v) is 10.9. The van der Waals surface area contributed by atoms with E-state index < -0.39 is 0 Å². The maximum absolute atomic E-state index is 13.1. The Kier molecular flexibility index (Phi) is 7.58. The Bertz CT molecular complexity index is 980. The van der Waals surface area contributed by atoms with Crippen molar-refractivity contribution in [3.05, 3.63) is 88.7 Å². The fourth-order valence-corrected chi connectivity index (χ4v) is 3.72. The van der Waals surface area contributed by atoms with Gasteiger partial charge in [-0.3, -0.25) is 0 Å². The van der Waals surface area contributed by atoms with Crippen LogP contribution in [0.5, 0.6) is 0 Å². The molecule has 0 saturated heterocycles. The Balaban J connectivity index is 1.75. The molecule has 4 nitrogen and oxygen atoms in total. The van der Waals surface area contributed by atoms with Crippen LogP contribution in [0.1, 0.15) is 37.6 Å². The van der Waals surface area contributed by atoms with Crippen molar-refractivity contribution in [2.75, 3.05) is 11.9 Å². The summed E-state index contributed by atoms with van der Waals surface area (Å²) >= 11 is 6.14. The maximum atomic E-state index is 13.1. The number of aryl methyl sites for hydroxylation is 1. The summed E-state index contributed by atoms with van der Waals surface area (Å²) < 4.78 is 2.17. The Morgan fingerprint density at radius 2 is 1.83 bits per heavy atom. The lowest BCUT2D eigenvalue weighted by molar-refractivity contribution is 0.200.